The molecule has 1 aromatic rings. The highest BCUT2D eigenvalue weighted by molar-refractivity contribution is 5.36. The Hall–Kier alpha value is -1.50. The highest BCUT2D eigenvalue weighted by Gasteiger charge is 2.29. The number of alkyl halides is 3. The van der Waals surface area contributed by atoms with Crippen LogP contribution in [0.3, 0.4) is 0 Å². The van der Waals surface area contributed by atoms with E-state index < -0.39 is 24.0 Å². The summed E-state index contributed by atoms with van der Waals surface area (Å²) in [6.45, 7) is 0. The molecule has 0 atom stereocenters. The molecule has 0 N–H and O–H groups in total. The molecule has 1 aromatic carbocycles. The van der Waals surface area contributed by atoms with Crippen molar-refractivity contribution in [3.8, 4) is 12.3 Å². The van der Waals surface area contributed by atoms with E-state index in [0.717, 1.165) is 12.1 Å². The minimum Gasteiger partial charge on any atom is -0.207 e. The van der Waals surface area contributed by atoms with E-state index in [1.807, 2.05) is 0 Å². The molecular formula is C10H6F4. The number of halogens is 4. The van der Waals surface area contributed by atoms with E-state index in [1.54, 1.807) is 0 Å². The van der Waals surface area contributed by atoms with Gasteiger partial charge in [0.2, 0.25) is 0 Å². The van der Waals surface area contributed by atoms with Gasteiger partial charge >= 0.3 is 6.18 Å². The van der Waals surface area contributed by atoms with Crippen LogP contribution in [0.4, 0.5) is 17.6 Å². The molecule has 74 valence electrons. The van der Waals surface area contributed by atoms with E-state index in [2.05, 4.69) is 5.92 Å². The minimum atomic E-state index is -4.42. The fourth-order valence-electron chi connectivity index (χ4n) is 1.02. The van der Waals surface area contributed by atoms with Crippen molar-refractivity contribution in [1.82, 2.24) is 0 Å². The van der Waals surface area contributed by atoms with Crippen molar-refractivity contribution < 1.29 is 17.6 Å². The summed E-state index contributed by atoms with van der Waals surface area (Å²) in [7, 11) is 0. The maximum Gasteiger partial charge on any atom is 0.393 e. The zero-order valence-electron chi connectivity index (χ0n) is 7.03. The van der Waals surface area contributed by atoms with Gasteiger partial charge in [0.25, 0.3) is 0 Å². The number of hydrogen-bond acceptors (Lipinski definition) is 0. The van der Waals surface area contributed by atoms with Crippen molar-refractivity contribution in [1.29, 1.82) is 0 Å². The van der Waals surface area contributed by atoms with Gasteiger partial charge in [0.1, 0.15) is 5.82 Å². The summed E-state index contributed by atoms with van der Waals surface area (Å²) >= 11 is 0. The second-order valence-corrected chi connectivity index (χ2v) is 2.74. The smallest absolute Gasteiger partial charge is 0.207 e. The van der Waals surface area contributed by atoms with Gasteiger partial charge in [-0.3, -0.25) is 0 Å². The van der Waals surface area contributed by atoms with Gasteiger partial charge < -0.3 is 0 Å². The van der Waals surface area contributed by atoms with E-state index in [9.17, 15) is 17.6 Å². The number of benzene rings is 1. The first-order valence-corrected chi connectivity index (χ1v) is 3.74. The van der Waals surface area contributed by atoms with Crippen molar-refractivity contribution in [3.63, 3.8) is 0 Å². The molecule has 0 radical (unpaired) electrons. The van der Waals surface area contributed by atoms with Gasteiger partial charge in [0.15, 0.2) is 0 Å². The molecule has 0 aliphatic carbocycles. The summed E-state index contributed by atoms with van der Waals surface area (Å²) in [4.78, 5) is 0. The van der Waals surface area contributed by atoms with Crippen molar-refractivity contribution in [3.05, 3.63) is 35.1 Å². The molecule has 0 amide bonds. The largest absolute Gasteiger partial charge is 0.393 e. The number of terminal acetylenes is 1. The Bertz CT molecular complexity index is 371. The minimum absolute atomic E-state index is 0.241. The Morgan fingerprint density at radius 1 is 1.29 bits per heavy atom. The number of rotatable bonds is 1. The lowest BCUT2D eigenvalue weighted by Gasteiger charge is -2.07. The van der Waals surface area contributed by atoms with Crippen molar-refractivity contribution in [2.45, 2.75) is 12.6 Å². The highest BCUT2D eigenvalue weighted by atomic mass is 19.4. The molecule has 0 aliphatic rings. The predicted octanol–water partition coefficient (Wildman–Crippen LogP) is 2.91. The predicted molar refractivity (Wildman–Crippen MR) is 44.1 cm³/mol. The van der Waals surface area contributed by atoms with Crippen LogP contribution in [0.5, 0.6) is 0 Å². The lowest BCUT2D eigenvalue weighted by Crippen LogP contribution is -2.12. The van der Waals surface area contributed by atoms with Crippen molar-refractivity contribution in [2.75, 3.05) is 0 Å². The standard InChI is InChI=1S/C10H6F4/c1-2-7-3-4-9(11)8(5-7)6-10(12,13)14/h1,3-5H,6H2. The molecule has 1 rings (SSSR count). The third-order valence-corrected chi connectivity index (χ3v) is 1.60. The maximum absolute atomic E-state index is 12.9. The van der Waals surface area contributed by atoms with Gasteiger partial charge in [-0.15, -0.1) is 6.42 Å². The molecule has 0 fully saturated rings. The first kappa shape index (κ1) is 10.6. The third kappa shape index (κ3) is 2.77. The monoisotopic (exact) mass is 202 g/mol. The van der Waals surface area contributed by atoms with E-state index in [-0.39, 0.29) is 5.56 Å². The van der Waals surface area contributed by atoms with Gasteiger partial charge in [-0.25, -0.2) is 4.39 Å². The summed E-state index contributed by atoms with van der Waals surface area (Å²) in [5, 5.41) is 0. The fraction of sp³-hybridized carbons (Fsp3) is 0.200. The average Bonchev–Trinajstić information content (AvgIpc) is 2.06. The van der Waals surface area contributed by atoms with Crippen LogP contribution in [0.15, 0.2) is 18.2 Å². The highest BCUT2D eigenvalue weighted by Crippen LogP contribution is 2.23. The Morgan fingerprint density at radius 3 is 2.43 bits per heavy atom. The zero-order chi connectivity index (χ0) is 10.8. The molecule has 0 spiro atoms. The summed E-state index contributed by atoms with van der Waals surface area (Å²) < 4.78 is 48.7. The Morgan fingerprint density at radius 2 is 1.93 bits per heavy atom. The summed E-state index contributed by atoms with van der Waals surface area (Å²) in [6, 6.07) is 3.23. The quantitative estimate of drug-likeness (QED) is 0.485. The van der Waals surface area contributed by atoms with Crippen molar-refractivity contribution in [2.24, 2.45) is 0 Å². The maximum atomic E-state index is 12.9. The first-order chi connectivity index (χ1) is 6.42. The van der Waals surface area contributed by atoms with Gasteiger partial charge in [-0.2, -0.15) is 13.2 Å². The molecule has 0 saturated carbocycles. The molecule has 0 unspecified atom stereocenters. The topological polar surface area (TPSA) is 0 Å². The van der Waals surface area contributed by atoms with Crippen LogP contribution < -0.4 is 0 Å². The van der Waals surface area contributed by atoms with Gasteiger partial charge in [0.05, 0.1) is 6.42 Å². The second kappa shape index (κ2) is 3.70. The van der Waals surface area contributed by atoms with E-state index in [1.165, 1.54) is 6.07 Å². The average molecular weight is 202 g/mol. The first-order valence-electron chi connectivity index (χ1n) is 3.74. The van der Waals surface area contributed by atoms with Crippen LogP contribution in [0, 0.1) is 18.2 Å². The molecule has 0 saturated heterocycles. The van der Waals surface area contributed by atoms with Crippen LogP contribution in [0.25, 0.3) is 0 Å². The van der Waals surface area contributed by atoms with Gasteiger partial charge in [0, 0.05) is 5.56 Å². The summed E-state index contributed by atoms with van der Waals surface area (Å²) in [5.41, 5.74) is -0.182. The Labute approximate surface area is 78.6 Å². The van der Waals surface area contributed by atoms with Crippen LogP contribution >= 0.6 is 0 Å². The molecule has 0 nitrogen and oxygen atoms in total. The molecule has 0 heterocycles. The molecule has 4 heteroatoms. The van der Waals surface area contributed by atoms with E-state index >= 15 is 0 Å². The van der Waals surface area contributed by atoms with Crippen LogP contribution in [-0.2, 0) is 6.42 Å². The number of hydrogen-bond donors (Lipinski definition) is 0. The SMILES string of the molecule is C#Cc1ccc(F)c(CC(F)(F)F)c1. The Kier molecular flexibility index (Phi) is 2.80. The van der Waals surface area contributed by atoms with Crippen LogP contribution in [0.2, 0.25) is 0 Å². The second-order valence-electron chi connectivity index (χ2n) is 2.74. The summed E-state index contributed by atoms with van der Waals surface area (Å²) in [5.74, 6) is 1.26. The van der Waals surface area contributed by atoms with E-state index in [0.29, 0.717) is 0 Å². The normalized spacial score (nSPS) is 11.1. The van der Waals surface area contributed by atoms with Crippen LogP contribution in [0.1, 0.15) is 11.1 Å². The lowest BCUT2D eigenvalue weighted by atomic mass is 10.1. The van der Waals surface area contributed by atoms with Gasteiger partial charge in [-0.05, 0) is 23.8 Å². The zero-order valence-corrected chi connectivity index (χ0v) is 7.03. The molecular weight excluding hydrogens is 196 g/mol. The Balaban J connectivity index is 3.03. The summed E-state index contributed by atoms with van der Waals surface area (Å²) in [6.07, 6.45) is -0.741. The fourth-order valence-corrected chi connectivity index (χ4v) is 1.02. The molecule has 0 aromatic heterocycles. The van der Waals surface area contributed by atoms with Crippen molar-refractivity contribution >= 4 is 0 Å². The molecule has 0 bridgehead atoms. The van der Waals surface area contributed by atoms with E-state index in [4.69, 9.17) is 6.42 Å². The third-order valence-electron chi connectivity index (χ3n) is 1.60. The lowest BCUT2D eigenvalue weighted by molar-refractivity contribution is -0.127. The molecule has 14 heavy (non-hydrogen) atoms. The van der Waals surface area contributed by atoms with Crippen LogP contribution in [-0.4, -0.2) is 6.18 Å². The van der Waals surface area contributed by atoms with Gasteiger partial charge in [-0.1, -0.05) is 5.92 Å². The molecule has 0 aliphatic heterocycles.